The minimum atomic E-state index is 0.514. The van der Waals surface area contributed by atoms with E-state index in [4.69, 9.17) is 44.3 Å². The van der Waals surface area contributed by atoms with Crippen molar-refractivity contribution in [3.05, 3.63) is 51.0 Å². The lowest BCUT2D eigenvalue weighted by molar-refractivity contribution is 0.294. The third kappa shape index (κ3) is 5.10. The molecule has 1 N–H and O–H groups in total. The predicted octanol–water partition coefficient (Wildman–Crippen LogP) is 6.06. The predicted molar refractivity (Wildman–Crippen MR) is 97.6 cm³/mol. The highest BCUT2D eigenvalue weighted by molar-refractivity contribution is 6.35. The standard InChI is InChI=1S/C17H18Cl3NO2/c1-3-4-23-17-9-15(20)11(5-16(17)22-2)10-21-14-7-12(18)6-13(19)8-14/h5-9,21H,3-4,10H2,1-2H3. The molecule has 6 heteroatoms. The van der Waals surface area contributed by atoms with Crippen LogP contribution in [0.2, 0.25) is 15.1 Å². The van der Waals surface area contributed by atoms with Crippen LogP contribution in [-0.2, 0) is 6.54 Å². The lowest BCUT2D eigenvalue weighted by Gasteiger charge is -2.14. The van der Waals surface area contributed by atoms with Crippen molar-refractivity contribution >= 4 is 40.5 Å². The van der Waals surface area contributed by atoms with E-state index in [2.05, 4.69) is 5.32 Å². The van der Waals surface area contributed by atoms with E-state index in [1.807, 2.05) is 13.0 Å². The molecule has 0 aliphatic carbocycles. The summed E-state index contributed by atoms with van der Waals surface area (Å²) in [5, 5.41) is 5.01. The smallest absolute Gasteiger partial charge is 0.162 e. The van der Waals surface area contributed by atoms with Gasteiger partial charge in [0.15, 0.2) is 11.5 Å². The first-order chi connectivity index (χ1) is 11.0. The van der Waals surface area contributed by atoms with Crippen molar-refractivity contribution in [1.82, 2.24) is 0 Å². The summed E-state index contributed by atoms with van der Waals surface area (Å²) in [6, 6.07) is 8.93. The number of hydrogen-bond donors (Lipinski definition) is 1. The maximum absolute atomic E-state index is 6.34. The second-order valence-electron chi connectivity index (χ2n) is 4.95. The van der Waals surface area contributed by atoms with Gasteiger partial charge >= 0.3 is 0 Å². The first-order valence-electron chi connectivity index (χ1n) is 7.22. The highest BCUT2D eigenvalue weighted by Gasteiger charge is 2.11. The molecule has 0 saturated heterocycles. The molecule has 0 aliphatic rings. The van der Waals surface area contributed by atoms with E-state index < -0.39 is 0 Å². The van der Waals surface area contributed by atoms with Gasteiger partial charge in [0.25, 0.3) is 0 Å². The molecule has 23 heavy (non-hydrogen) atoms. The number of nitrogens with one attached hydrogen (secondary N) is 1. The van der Waals surface area contributed by atoms with Crippen LogP contribution in [0, 0.1) is 0 Å². The number of benzene rings is 2. The van der Waals surface area contributed by atoms with Crippen molar-refractivity contribution in [2.75, 3.05) is 19.0 Å². The highest BCUT2D eigenvalue weighted by atomic mass is 35.5. The van der Waals surface area contributed by atoms with Crippen molar-refractivity contribution in [2.24, 2.45) is 0 Å². The van der Waals surface area contributed by atoms with Crippen molar-refractivity contribution < 1.29 is 9.47 Å². The van der Waals surface area contributed by atoms with Gasteiger partial charge < -0.3 is 14.8 Å². The molecule has 2 aromatic carbocycles. The van der Waals surface area contributed by atoms with Crippen molar-refractivity contribution in [3.63, 3.8) is 0 Å². The van der Waals surface area contributed by atoms with Crippen LogP contribution in [0.1, 0.15) is 18.9 Å². The molecule has 0 aromatic heterocycles. The average molecular weight is 375 g/mol. The zero-order valence-electron chi connectivity index (χ0n) is 13.0. The Labute approximate surface area is 151 Å². The summed E-state index contributed by atoms with van der Waals surface area (Å²) in [4.78, 5) is 0. The number of anilines is 1. The van der Waals surface area contributed by atoms with Gasteiger partial charge in [0.05, 0.1) is 13.7 Å². The molecule has 0 amide bonds. The topological polar surface area (TPSA) is 30.5 Å². The Morgan fingerprint density at radius 2 is 1.65 bits per heavy atom. The number of hydrogen-bond acceptors (Lipinski definition) is 3. The molecule has 3 nitrogen and oxygen atoms in total. The van der Waals surface area contributed by atoms with Crippen LogP contribution in [-0.4, -0.2) is 13.7 Å². The molecular weight excluding hydrogens is 357 g/mol. The second-order valence-corrected chi connectivity index (χ2v) is 6.23. The summed E-state index contributed by atoms with van der Waals surface area (Å²) in [5.74, 6) is 1.30. The van der Waals surface area contributed by atoms with Crippen LogP contribution in [0.25, 0.3) is 0 Å². The molecule has 0 spiro atoms. The Balaban J connectivity index is 2.16. The van der Waals surface area contributed by atoms with Gasteiger partial charge in [-0.1, -0.05) is 41.7 Å². The summed E-state index contributed by atoms with van der Waals surface area (Å²) < 4.78 is 11.0. The van der Waals surface area contributed by atoms with Crippen LogP contribution in [0.5, 0.6) is 11.5 Å². The lowest BCUT2D eigenvalue weighted by Crippen LogP contribution is -2.03. The van der Waals surface area contributed by atoms with Crippen LogP contribution in [0.4, 0.5) is 5.69 Å². The Morgan fingerprint density at radius 1 is 0.957 bits per heavy atom. The molecule has 0 saturated carbocycles. The van der Waals surface area contributed by atoms with Gasteiger partial charge in [-0.15, -0.1) is 0 Å². The fraction of sp³-hybridized carbons (Fsp3) is 0.294. The monoisotopic (exact) mass is 373 g/mol. The quantitative estimate of drug-likeness (QED) is 0.639. The summed E-state index contributed by atoms with van der Waals surface area (Å²) in [6.45, 7) is 3.17. The molecule has 2 aromatic rings. The van der Waals surface area contributed by atoms with Crippen LogP contribution in [0.3, 0.4) is 0 Å². The molecule has 124 valence electrons. The first-order valence-corrected chi connectivity index (χ1v) is 8.36. The van der Waals surface area contributed by atoms with Crippen LogP contribution in [0.15, 0.2) is 30.3 Å². The molecular formula is C17H18Cl3NO2. The summed E-state index contributed by atoms with van der Waals surface area (Å²) in [7, 11) is 1.61. The highest BCUT2D eigenvalue weighted by Crippen LogP contribution is 2.34. The number of halogens is 3. The van der Waals surface area contributed by atoms with Gasteiger partial charge in [0, 0.05) is 33.4 Å². The van der Waals surface area contributed by atoms with E-state index in [0.717, 1.165) is 17.7 Å². The SMILES string of the molecule is CCCOc1cc(Cl)c(CNc2cc(Cl)cc(Cl)c2)cc1OC. The van der Waals surface area contributed by atoms with Crippen LogP contribution >= 0.6 is 34.8 Å². The Kier molecular flexibility index (Phi) is 6.70. The molecule has 0 radical (unpaired) electrons. The molecule has 0 fully saturated rings. The third-order valence-corrected chi connectivity index (χ3v) is 3.93. The van der Waals surface area contributed by atoms with E-state index in [9.17, 15) is 0 Å². The largest absolute Gasteiger partial charge is 0.493 e. The lowest BCUT2D eigenvalue weighted by atomic mass is 10.2. The molecule has 0 unspecified atom stereocenters. The molecule has 2 rings (SSSR count). The van der Waals surface area contributed by atoms with Gasteiger partial charge in [-0.2, -0.15) is 0 Å². The van der Waals surface area contributed by atoms with E-state index in [1.54, 1.807) is 31.4 Å². The van der Waals surface area contributed by atoms with Gasteiger partial charge in [0.1, 0.15) is 0 Å². The first kappa shape index (κ1) is 18.1. The fourth-order valence-corrected chi connectivity index (χ4v) is 2.80. The van der Waals surface area contributed by atoms with Crippen molar-refractivity contribution in [2.45, 2.75) is 19.9 Å². The summed E-state index contributed by atoms with van der Waals surface area (Å²) in [6.07, 6.45) is 0.916. The van der Waals surface area contributed by atoms with E-state index in [-0.39, 0.29) is 0 Å². The number of ether oxygens (including phenoxy) is 2. The molecule has 0 aliphatic heterocycles. The maximum Gasteiger partial charge on any atom is 0.162 e. The van der Waals surface area contributed by atoms with Crippen molar-refractivity contribution in [1.29, 1.82) is 0 Å². The third-order valence-electron chi connectivity index (χ3n) is 3.14. The number of methoxy groups -OCH3 is 1. The molecule has 0 heterocycles. The van der Waals surface area contributed by atoms with Gasteiger partial charge in [-0.3, -0.25) is 0 Å². The zero-order valence-corrected chi connectivity index (χ0v) is 15.2. The Morgan fingerprint density at radius 3 is 2.26 bits per heavy atom. The van der Waals surface area contributed by atoms with Crippen molar-refractivity contribution in [3.8, 4) is 11.5 Å². The summed E-state index contributed by atoms with van der Waals surface area (Å²) in [5.41, 5.74) is 1.72. The minimum Gasteiger partial charge on any atom is -0.493 e. The van der Waals surface area contributed by atoms with Gasteiger partial charge in [-0.25, -0.2) is 0 Å². The number of rotatable bonds is 7. The fourth-order valence-electron chi connectivity index (χ4n) is 2.05. The normalized spacial score (nSPS) is 10.5. The van der Waals surface area contributed by atoms with Gasteiger partial charge in [-0.05, 0) is 36.2 Å². The Hall–Kier alpha value is -1.29. The molecule has 0 bridgehead atoms. The van der Waals surface area contributed by atoms with Gasteiger partial charge in [0.2, 0.25) is 0 Å². The van der Waals surface area contributed by atoms with E-state index in [0.29, 0.717) is 39.7 Å². The zero-order chi connectivity index (χ0) is 16.8. The van der Waals surface area contributed by atoms with E-state index >= 15 is 0 Å². The van der Waals surface area contributed by atoms with Crippen LogP contribution < -0.4 is 14.8 Å². The minimum absolute atomic E-state index is 0.514. The average Bonchev–Trinajstić information content (AvgIpc) is 2.51. The van der Waals surface area contributed by atoms with E-state index in [1.165, 1.54) is 0 Å². The molecule has 0 atom stereocenters. The maximum atomic E-state index is 6.34. The summed E-state index contributed by atoms with van der Waals surface area (Å²) >= 11 is 18.3. The Bertz CT molecular complexity index is 657. The second kappa shape index (κ2) is 8.53.